The van der Waals surface area contributed by atoms with E-state index in [1.165, 1.54) is 0 Å². The lowest BCUT2D eigenvalue weighted by molar-refractivity contribution is 0.0706. The van der Waals surface area contributed by atoms with Crippen molar-refractivity contribution in [1.82, 2.24) is 20.8 Å². The summed E-state index contributed by atoms with van der Waals surface area (Å²) >= 11 is 0. The van der Waals surface area contributed by atoms with Crippen LogP contribution in [0.15, 0.2) is 78.9 Å². The van der Waals surface area contributed by atoms with Crippen LogP contribution in [0.1, 0.15) is 26.4 Å². The molecule has 5 rings (SSSR count). The molecule has 8 heteroatoms. The number of hydrogen-bond acceptors (Lipinski definition) is 5. The number of para-hydroxylation sites is 1. The van der Waals surface area contributed by atoms with Gasteiger partial charge in [-0.15, -0.1) is 0 Å². The summed E-state index contributed by atoms with van der Waals surface area (Å²) < 4.78 is 5.28. The first-order chi connectivity index (χ1) is 17.1. The molecule has 0 aliphatic carbocycles. The molecule has 0 saturated heterocycles. The highest BCUT2D eigenvalue weighted by atomic mass is 16.5. The molecule has 174 valence electrons. The number of rotatable bonds is 6. The maximum atomic E-state index is 13.1. The third-order valence-electron chi connectivity index (χ3n) is 5.86. The molecule has 2 aromatic heterocycles. The molecule has 0 fully saturated rings. The molecule has 0 radical (unpaired) electrons. The molecular weight excluding hydrogens is 444 g/mol. The molecule has 2 heterocycles. The maximum Gasteiger partial charge on any atom is 0.274 e. The molecule has 8 nitrogen and oxygen atoms in total. The van der Waals surface area contributed by atoms with Crippen LogP contribution in [0.4, 0.5) is 0 Å². The lowest BCUT2D eigenvalue weighted by Crippen LogP contribution is -2.24. The van der Waals surface area contributed by atoms with Gasteiger partial charge >= 0.3 is 0 Å². The predicted octanol–water partition coefficient (Wildman–Crippen LogP) is 4.44. The Morgan fingerprint density at radius 2 is 1.69 bits per heavy atom. The smallest absolute Gasteiger partial charge is 0.274 e. The average Bonchev–Trinajstić information content (AvgIpc) is 3.30. The number of nitrogens with zero attached hydrogens (tertiary/aromatic N) is 1. The van der Waals surface area contributed by atoms with Gasteiger partial charge in [0.05, 0.1) is 18.3 Å². The summed E-state index contributed by atoms with van der Waals surface area (Å²) in [5.41, 5.74) is 6.35. The molecule has 35 heavy (non-hydrogen) atoms. The highest BCUT2D eigenvalue weighted by Gasteiger charge is 2.17. The third-order valence-corrected chi connectivity index (χ3v) is 5.86. The molecule has 0 saturated carbocycles. The largest absolute Gasteiger partial charge is 0.497 e. The first-order valence-corrected chi connectivity index (χ1v) is 10.9. The fourth-order valence-electron chi connectivity index (χ4n) is 4.03. The van der Waals surface area contributed by atoms with Gasteiger partial charge in [0.2, 0.25) is 0 Å². The van der Waals surface area contributed by atoms with Crippen molar-refractivity contribution in [1.29, 1.82) is 0 Å². The van der Waals surface area contributed by atoms with Crippen LogP contribution >= 0.6 is 0 Å². The van der Waals surface area contributed by atoms with Crippen LogP contribution in [0.2, 0.25) is 0 Å². The number of hydroxylamine groups is 1. The fraction of sp³-hybridized carbons (Fsp3) is 0.0741. The zero-order valence-corrected chi connectivity index (χ0v) is 18.8. The van der Waals surface area contributed by atoms with Gasteiger partial charge in [0, 0.05) is 34.0 Å². The Morgan fingerprint density at radius 3 is 2.40 bits per heavy atom. The molecule has 0 atom stereocenters. The molecule has 0 aliphatic rings. The maximum absolute atomic E-state index is 13.1. The molecule has 2 amide bonds. The number of amides is 2. The second kappa shape index (κ2) is 9.28. The van der Waals surface area contributed by atoms with Crippen molar-refractivity contribution in [2.24, 2.45) is 0 Å². The topological polar surface area (TPSA) is 116 Å². The Labute approximate surface area is 200 Å². The number of carbonyl (C=O) groups excluding carboxylic acids is 2. The number of hydrogen-bond donors (Lipinski definition) is 4. The second-order valence-electron chi connectivity index (χ2n) is 8.00. The number of H-pyrrole nitrogens is 1. The molecule has 0 unspecified atom stereocenters. The Morgan fingerprint density at radius 1 is 0.943 bits per heavy atom. The summed E-state index contributed by atoms with van der Waals surface area (Å²) in [5, 5.41) is 13.6. The molecule has 0 spiro atoms. The SMILES string of the molecule is COc1ccc(-c2nc(C(=O)NCc3ccc(C(=O)NO)cc3)cc3c2[nH]c2ccccc23)cc1. The summed E-state index contributed by atoms with van der Waals surface area (Å²) in [6.07, 6.45) is 0. The summed E-state index contributed by atoms with van der Waals surface area (Å²) in [6, 6.07) is 23.8. The van der Waals surface area contributed by atoms with Gasteiger partial charge in [0.1, 0.15) is 11.4 Å². The van der Waals surface area contributed by atoms with E-state index in [9.17, 15) is 9.59 Å². The van der Waals surface area contributed by atoms with Gasteiger partial charge in [-0.2, -0.15) is 0 Å². The van der Waals surface area contributed by atoms with E-state index in [0.29, 0.717) is 17.0 Å². The minimum atomic E-state index is -0.595. The van der Waals surface area contributed by atoms with E-state index < -0.39 is 5.91 Å². The number of aromatic amines is 1. The molecule has 4 N–H and O–H groups in total. The normalized spacial score (nSPS) is 10.9. The summed E-state index contributed by atoms with van der Waals surface area (Å²) in [5.74, 6) is -0.176. The Bertz CT molecular complexity index is 1540. The quantitative estimate of drug-likeness (QED) is 0.218. The number of carbonyl (C=O) groups is 2. The second-order valence-corrected chi connectivity index (χ2v) is 8.00. The van der Waals surface area contributed by atoms with Gasteiger partial charge < -0.3 is 15.0 Å². The van der Waals surface area contributed by atoms with E-state index in [1.54, 1.807) is 42.9 Å². The van der Waals surface area contributed by atoms with E-state index in [4.69, 9.17) is 14.9 Å². The van der Waals surface area contributed by atoms with Crippen molar-refractivity contribution in [3.63, 3.8) is 0 Å². The van der Waals surface area contributed by atoms with Crippen LogP contribution < -0.4 is 15.5 Å². The first kappa shape index (κ1) is 22.1. The minimum Gasteiger partial charge on any atom is -0.497 e. The molecule has 0 bridgehead atoms. The van der Waals surface area contributed by atoms with Crippen LogP contribution in [0, 0.1) is 0 Å². The fourth-order valence-corrected chi connectivity index (χ4v) is 4.03. The van der Waals surface area contributed by atoms with Crippen molar-refractivity contribution in [2.45, 2.75) is 6.54 Å². The molecule has 0 aliphatic heterocycles. The Hall–Kier alpha value is -4.69. The van der Waals surface area contributed by atoms with Crippen molar-refractivity contribution >= 4 is 33.6 Å². The van der Waals surface area contributed by atoms with E-state index in [0.717, 1.165) is 38.7 Å². The van der Waals surface area contributed by atoms with Crippen molar-refractivity contribution < 1.29 is 19.5 Å². The molecule has 3 aromatic carbocycles. The van der Waals surface area contributed by atoms with Crippen LogP contribution in [-0.2, 0) is 6.54 Å². The van der Waals surface area contributed by atoms with Gasteiger partial charge in [-0.3, -0.25) is 14.8 Å². The van der Waals surface area contributed by atoms with Gasteiger partial charge in [-0.25, -0.2) is 10.5 Å². The van der Waals surface area contributed by atoms with Crippen LogP contribution in [-0.4, -0.2) is 34.1 Å². The van der Waals surface area contributed by atoms with E-state index in [1.807, 2.05) is 48.5 Å². The summed E-state index contributed by atoms with van der Waals surface area (Å²) in [4.78, 5) is 32.8. The number of pyridine rings is 1. The standard InChI is InChI=1S/C27H22N4O4/c1-35-19-12-10-17(11-13-19)24-25-21(20-4-2-3-5-22(20)29-25)14-23(30-24)27(33)28-15-16-6-8-18(9-7-16)26(32)31-34/h2-14,29,34H,15H2,1H3,(H,28,33)(H,31,32). The zero-order valence-electron chi connectivity index (χ0n) is 18.8. The monoisotopic (exact) mass is 466 g/mol. The van der Waals surface area contributed by atoms with E-state index in [2.05, 4.69) is 10.3 Å². The molecule has 5 aromatic rings. The Kier molecular flexibility index (Phi) is 5.87. The van der Waals surface area contributed by atoms with Crippen LogP contribution in [0.5, 0.6) is 5.75 Å². The number of methoxy groups -OCH3 is 1. The van der Waals surface area contributed by atoms with Gasteiger partial charge in [0.25, 0.3) is 11.8 Å². The van der Waals surface area contributed by atoms with Gasteiger partial charge in [0.15, 0.2) is 0 Å². The number of nitrogens with one attached hydrogen (secondary N) is 3. The van der Waals surface area contributed by atoms with Crippen molar-refractivity contribution in [3.8, 4) is 17.0 Å². The van der Waals surface area contributed by atoms with E-state index >= 15 is 0 Å². The average molecular weight is 466 g/mol. The third kappa shape index (κ3) is 4.30. The van der Waals surface area contributed by atoms with E-state index in [-0.39, 0.29) is 12.5 Å². The lowest BCUT2D eigenvalue weighted by atomic mass is 10.1. The van der Waals surface area contributed by atoms with Gasteiger partial charge in [-0.05, 0) is 54.1 Å². The minimum absolute atomic E-state index is 0.255. The van der Waals surface area contributed by atoms with Crippen molar-refractivity contribution in [3.05, 3.63) is 95.7 Å². The summed E-state index contributed by atoms with van der Waals surface area (Å²) in [6.45, 7) is 0.255. The lowest BCUT2D eigenvalue weighted by Gasteiger charge is -2.10. The zero-order chi connectivity index (χ0) is 24.4. The highest BCUT2D eigenvalue weighted by Crippen LogP contribution is 2.33. The molecular formula is C27H22N4O4. The summed E-state index contributed by atoms with van der Waals surface area (Å²) in [7, 11) is 1.61. The van der Waals surface area contributed by atoms with Crippen molar-refractivity contribution in [2.75, 3.05) is 7.11 Å². The number of fused-ring (bicyclic) bond motifs is 3. The van der Waals surface area contributed by atoms with Crippen LogP contribution in [0.25, 0.3) is 33.1 Å². The number of benzene rings is 3. The number of ether oxygens (including phenoxy) is 1. The Balaban J connectivity index is 1.50. The van der Waals surface area contributed by atoms with Crippen LogP contribution in [0.3, 0.4) is 0 Å². The highest BCUT2D eigenvalue weighted by molar-refractivity contribution is 6.13. The first-order valence-electron chi connectivity index (χ1n) is 10.9. The predicted molar refractivity (Wildman–Crippen MR) is 132 cm³/mol. The van der Waals surface area contributed by atoms with Gasteiger partial charge in [-0.1, -0.05) is 30.3 Å². The number of aromatic nitrogens is 2.